The van der Waals surface area contributed by atoms with Crippen molar-refractivity contribution in [2.75, 3.05) is 13.2 Å². The van der Waals surface area contributed by atoms with Crippen LogP contribution in [0, 0.1) is 5.92 Å². The Balaban J connectivity index is 2.17. The number of hydrogen-bond donors (Lipinski definition) is 0. The third-order valence-electron chi connectivity index (χ3n) is 3.82. The first-order chi connectivity index (χ1) is 10.8. The summed E-state index contributed by atoms with van der Waals surface area (Å²) in [4.78, 5) is 26.2. The molecule has 1 aliphatic heterocycles. The maximum absolute atomic E-state index is 12.6. The van der Waals surface area contributed by atoms with Crippen LogP contribution in [0.4, 0.5) is 0 Å². The topological polar surface area (TPSA) is 46.6 Å². The van der Waals surface area contributed by atoms with Crippen LogP contribution < -0.4 is 0 Å². The molecule has 2 atom stereocenters. The summed E-state index contributed by atoms with van der Waals surface area (Å²) in [6.07, 6.45) is 0.629. The predicted octanol–water partition coefficient (Wildman–Crippen LogP) is 3.99. The molecular formula is C16H18Cl3NO3. The molecule has 1 aromatic rings. The van der Waals surface area contributed by atoms with Gasteiger partial charge >= 0.3 is 5.97 Å². The van der Waals surface area contributed by atoms with Gasteiger partial charge < -0.3 is 9.64 Å². The first-order valence-electron chi connectivity index (χ1n) is 7.43. The molecule has 7 heteroatoms. The van der Waals surface area contributed by atoms with E-state index in [0.29, 0.717) is 40.2 Å². The molecule has 0 spiro atoms. The van der Waals surface area contributed by atoms with Crippen LogP contribution in [-0.2, 0) is 20.7 Å². The van der Waals surface area contributed by atoms with E-state index in [4.69, 9.17) is 39.5 Å². The zero-order valence-electron chi connectivity index (χ0n) is 12.9. The minimum absolute atomic E-state index is 0.0253. The van der Waals surface area contributed by atoms with Gasteiger partial charge in [-0.25, -0.2) is 4.79 Å². The number of hydrogen-bond acceptors (Lipinski definition) is 3. The SMILES string of the molecule is CCOC(=O)C1CC(C)CN1C(=O)Cc1c(Cl)cc(Cl)cc1Cl. The smallest absolute Gasteiger partial charge is 0.328 e. The van der Waals surface area contributed by atoms with Crippen LogP contribution in [0.2, 0.25) is 15.1 Å². The highest BCUT2D eigenvalue weighted by Crippen LogP contribution is 2.31. The predicted molar refractivity (Wildman–Crippen MR) is 91.1 cm³/mol. The van der Waals surface area contributed by atoms with E-state index in [9.17, 15) is 9.59 Å². The van der Waals surface area contributed by atoms with E-state index in [0.717, 1.165) is 0 Å². The van der Waals surface area contributed by atoms with Crippen molar-refractivity contribution in [2.24, 2.45) is 5.92 Å². The van der Waals surface area contributed by atoms with Crippen LogP contribution in [0.25, 0.3) is 0 Å². The van der Waals surface area contributed by atoms with Gasteiger partial charge in [-0.15, -0.1) is 0 Å². The van der Waals surface area contributed by atoms with Crippen LogP contribution in [0.1, 0.15) is 25.8 Å². The fourth-order valence-corrected chi connectivity index (χ4v) is 3.73. The fourth-order valence-electron chi connectivity index (χ4n) is 2.78. The lowest BCUT2D eigenvalue weighted by Gasteiger charge is -2.23. The highest BCUT2D eigenvalue weighted by atomic mass is 35.5. The molecule has 0 bridgehead atoms. The largest absolute Gasteiger partial charge is 0.464 e. The minimum Gasteiger partial charge on any atom is -0.464 e. The molecule has 1 amide bonds. The van der Waals surface area contributed by atoms with Gasteiger partial charge in [0, 0.05) is 21.6 Å². The molecule has 0 aliphatic carbocycles. The van der Waals surface area contributed by atoms with Gasteiger partial charge in [-0.05, 0) is 37.0 Å². The van der Waals surface area contributed by atoms with E-state index in [-0.39, 0.29) is 24.2 Å². The van der Waals surface area contributed by atoms with Crippen molar-refractivity contribution in [3.05, 3.63) is 32.8 Å². The van der Waals surface area contributed by atoms with E-state index >= 15 is 0 Å². The number of ether oxygens (including phenoxy) is 1. The molecule has 1 saturated heterocycles. The Morgan fingerprint density at radius 1 is 1.26 bits per heavy atom. The van der Waals surface area contributed by atoms with Crippen molar-refractivity contribution in [2.45, 2.75) is 32.7 Å². The zero-order valence-corrected chi connectivity index (χ0v) is 15.2. The molecule has 0 N–H and O–H groups in total. The molecule has 1 heterocycles. The van der Waals surface area contributed by atoms with E-state index in [2.05, 4.69) is 0 Å². The Kier molecular flexibility index (Phi) is 6.18. The molecule has 4 nitrogen and oxygen atoms in total. The molecule has 1 fully saturated rings. The number of esters is 1. The molecule has 2 unspecified atom stereocenters. The van der Waals surface area contributed by atoms with Crippen molar-refractivity contribution < 1.29 is 14.3 Å². The molecule has 0 aromatic heterocycles. The second kappa shape index (κ2) is 7.73. The summed E-state index contributed by atoms with van der Waals surface area (Å²) in [5, 5.41) is 1.10. The molecule has 0 saturated carbocycles. The summed E-state index contributed by atoms with van der Waals surface area (Å²) < 4.78 is 5.07. The van der Waals surface area contributed by atoms with Crippen molar-refractivity contribution >= 4 is 46.7 Å². The number of halogens is 3. The maximum Gasteiger partial charge on any atom is 0.328 e. The standard InChI is InChI=1S/C16H18Cl3NO3/c1-3-23-16(22)14-4-9(2)8-20(14)15(21)7-11-12(18)5-10(17)6-13(11)19/h5-6,9,14H,3-4,7-8H2,1-2H3. The van der Waals surface area contributed by atoms with Gasteiger partial charge in [0.1, 0.15) is 6.04 Å². The number of benzene rings is 1. The number of carbonyl (C=O) groups is 2. The fraction of sp³-hybridized carbons (Fsp3) is 0.500. The van der Waals surface area contributed by atoms with Gasteiger partial charge in [-0.1, -0.05) is 41.7 Å². The Morgan fingerprint density at radius 3 is 2.43 bits per heavy atom. The molecule has 126 valence electrons. The quantitative estimate of drug-likeness (QED) is 0.744. The van der Waals surface area contributed by atoms with Gasteiger partial charge in [0.15, 0.2) is 0 Å². The third kappa shape index (κ3) is 4.31. The second-order valence-electron chi connectivity index (χ2n) is 5.68. The molecule has 0 radical (unpaired) electrons. The molecule has 2 rings (SSSR count). The molecule has 1 aromatic carbocycles. The van der Waals surface area contributed by atoms with E-state index in [1.165, 1.54) is 0 Å². The lowest BCUT2D eigenvalue weighted by molar-refractivity contribution is -0.152. The average molecular weight is 379 g/mol. The maximum atomic E-state index is 12.6. The zero-order chi connectivity index (χ0) is 17.1. The van der Waals surface area contributed by atoms with Gasteiger partial charge in [-0.2, -0.15) is 0 Å². The van der Waals surface area contributed by atoms with E-state index < -0.39 is 6.04 Å². The number of likely N-dealkylation sites (tertiary alicyclic amines) is 1. The van der Waals surface area contributed by atoms with Crippen LogP contribution in [0.3, 0.4) is 0 Å². The van der Waals surface area contributed by atoms with E-state index in [1.807, 2.05) is 6.92 Å². The Bertz CT molecular complexity index is 598. The summed E-state index contributed by atoms with van der Waals surface area (Å²) in [6, 6.07) is 2.56. The lowest BCUT2D eigenvalue weighted by atomic mass is 10.1. The Morgan fingerprint density at radius 2 is 1.87 bits per heavy atom. The van der Waals surface area contributed by atoms with Gasteiger partial charge in [-0.3, -0.25) is 4.79 Å². The van der Waals surface area contributed by atoms with Crippen molar-refractivity contribution in [1.29, 1.82) is 0 Å². The summed E-state index contributed by atoms with van der Waals surface area (Å²) >= 11 is 18.1. The van der Waals surface area contributed by atoms with E-state index in [1.54, 1.807) is 24.0 Å². The van der Waals surface area contributed by atoms with Gasteiger partial charge in [0.25, 0.3) is 0 Å². The van der Waals surface area contributed by atoms with Crippen molar-refractivity contribution in [3.8, 4) is 0 Å². The first kappa shape index (κ1) is 18.4. The second-order valence-corrected chi connectivity index (χ2v) is 6.93. The van der Waals surface area contributed by atoms with Crippen LogP contribution in [0.5, 0.6) is 0 Å². The van der Waals surface area contributed by atoms with Crippen LogP contribution >= 0.6 is 34.8 Å². The summed E-state index contributed by atoms with van der Waals surface area (Å²) in [5.74, 6) is -0.318. The summed E-state index contributed by atoms with van der Waals surface area (Å²) in [6.45, 7) is 4.56. The van der Waals surface area contributed by atoms with Crippen molar-refractivity contribution in [3.63, 3.8) is 0 Å². The van der Waals surface area contributed by atoms with Gasteiger partial charge in [0.2, 0.25) is 5.91 Å². The Hall–Kier alpha value is -0.970. The monoisotopic (exact) mass is 377 g/mol. The number of amides is 1. The van der Waals surface area contributed by atoms with Crippen molar-refractivity contribution in [1.82, 2.24) is 4.90 Å². The minimum atomic E-state index is -0.540. The Labute approximate surface area is 150 Å². The molecule has 1 aliphatic rings. The summed E-state index contributed by atoms with van der Waals surface area (Å²) in [5.41, 5.74) is 0.518. The van der Waals surface area contributed by atoms with Gasteiger partial charge in [0.05, 0.1) is 13.0 Å². The molecular weight excluding hydrogens is 361 g/mol. The number of carbonyl (C=O) groups excluding carboxylic acids is 2. The lowest BCUT2D eigenvalue weighted by Crippen LogP contribution is -2.42. The number of nitrogens with zero attached hydrogens (tertiary/aromatic N) is 1. The van der Waals surface area contributed by atoms with Crippen LogP contribution in [0.15, 0.2) is 12.1 Å². The molecule has 23 heavy (non-hydrogen) atoms. The van der Waals surface area contributed by atoms with Crippen LogP contribution in [-0.4, -0.2) is 36.0 Å². The first-order valence-corrected chi connectivity index (χ1v) is 8.56. The third-order valence-corrected chi connectivity index (χ3v) is 4.72. The highest BCUT2D eigenvalue weighted by molar-refractivity contribution is 6.39. The normalized spacial score (nSPS) is 20.7. The summed E-state index contributed by atoms with van der Waals surface area (Å²) in [7, 11) is 0. The average Bonchev–Trinajstić information content (AvgIpc) is 2.85. The number of rotatable bonds is 4. The highest BCUT2D eigenvalue weighted by Gasteiger charge is 2.38.